The lowest BCUT2D eigenvalue weighted by Crippen LogP contribution is -2.37. The highest BCUT2D eigenvalue weighted by Gasteiger charge is 2.33. The van der Waals surface area contributed by atoms with Crippen LogP contribution in [0.4, 0.5) is 4.79 Å². The molecule has 0 saturated heterocycles. The van der Waals surface area contributed by atoms with Crippen LogP contribution in [0.15, 0.2) is 48.5 Å². The molecule has 0 spiro atoms. The first kappa shape index (κ1) is 24.8. The number of aliphatic carboxylic acids is 1. The van der Waals surface area contributed by atoms with E-state index < -0.39 is 12.1 Å². The summed E-state index contributed by atoms with van der Waals surface area (Å²) in [7, 11) is 0. The first-order valence-electron chi connectivity index (χ1n) is 12.6. The molecule has 1 saturated carbocycles. The Morgan fingerprint density at radius 1 is 0.886 bits per heavy atom. The van der Waals surface area contributed by atoms with Crippen molar-refractivity contribution in [2.45, 2.75) is 63.3 Å². The lowest BCUT2D eigenvalue weighted by atomic mass is 9.98. The van der Waals surface area contributed by atoms with Crippen LogP contribution < -0.4 is 5.32 Å². The Hall–Kier alpha value is -3.35. The minimum Gasteiger partial charge on any atom is -0.480 e. The number of hydrogen-bond acceptors (Lipinski definition) is 4. The Balaban J connectivity index is 1.08. The number of hydrogen-bond donors (Lipinski definition) is 2. The highest BCUT2D eigenvalue weighted by atomic mass is 16.5. The van der Waals surface area contributed by atoms with Crippen LogP contribution in [0.5, 0.6) is 0 Å². The van der Waals surface area contributed by atoms with Crippen molar-refractivity contribution in [1.29, 1.82) is 0 Å². The quantitative estimate of drug-likeness (QED) is 0.398. The van der Waals surface area contributed by atoms with Gasteiger partial charge < -0.3 is 20.1 Å². The lowest BCUT2D eigenvalue weighted by molar-refractivity contribution is -0.145. The van der Waals surface area contributed by atoms with Crippen LogP contribution in [-0.2, 0) is 14.3 Å². The normalized spacial score (nSPS) is 14.2. The number of unbranched alkanes of at least 4 members (excludes halogenated alkanes) is 4. The van der Waals surface area contributed by atoms with Gasteiger partial charge in [0, 0.05) is 24.9 Å². The van der Waals surface area contributed by atoms with Crippen LogP contribution in [0.3, 0.4) is 0 Å². The van der Waals surface area contributed by atoms with Crippen molar-refractivity contribution >= 4 is 18.0 Å². The van der Waals surface area contributed by atoms with Crippen molar-refractivity contribution in [1.82, 2.24) is 10.2 Å². The number of carbonyl (C=O) groups is 3. The molecule has 4 rings (SSSR count). The highest BCUT2D eigenvalue weighted by molar-refractivity contribution is 5.82. The average Bonchev–Trinajstić information content (AvgIpc) is 3.65. The zero-order chi connectivity index (χ0) is 24.6. The number of carboxylic acids is 1. The zero-order valence-corrected chi connectivity index (χ0v) is 20.1. The number of carboxylic acid groups (broad SMARTS) is 1. The first-order valence-corrected chi connectivity index (χ1v) is 12.6. The topological polar surface area (TPSA) is 95.9 Å². The summed E-state index contributed by atoms with van der Waals surface area (Å²) >= 11 is 0. The molecule has 2 N–H and O–H groups in total. The van der Waals surface area contributed by atoms with E-state index in [0.29, 0.717) is 19.6 Å². The molecule has 2 aromatic rings. The predicted molar refractivity (Wildman–Crippen MR) is 133 cm³/mol. The van der Waals surface area contributed by atoms with Crippen LogP contribution in [-0.4, -0.2) is 53.7 Å². The van der Waals surface area contributed by atoms with Crippen molar-refractivity contribution in [3.63, 3.8) is 0 Å². The summed E-state index contributed by atoms with van der Waals surface area (Å²) in [5.41, 5.74) is 4.81. The maximum Gasteiger partial charge on any atom is 0.407 e. The van der Waals surface area contributed by atoms with Crippen LogP contribution in [0, 0.1) is 0 Å². The fraction of sp³-hybridized carbons (Fsp3) is 0.464. The molecule has 0 aromatic heterocycles. The Bertz CT molecular complexity index is 1000. The van der Waals surface area contributed by atoms with Crippen LogP contribution in [0.2, 0.25) is 0 Å². The van der Waals surface area contributed by atoms with E-state index in [1.165, 1.54) is 27.2 Å². The minimum atomic E-state index is -0.950. The summed E-state index contributed by atoms with van der Waals surface area (Å²) in [6.45, 7) is 0.683. The highest BCUT2D eigenvalue weighted by Crippen LogP contribution is 2.44. The van der Waals surface area contributed by atoms with Gasteiger partial charge in [-0.15, -0.1) is 0 Å². The Morgan fingerprint density at radius 3 is 2.11 bits per heavy atom. The van der Waals surface area contributed by atoms with Gasteiger partial charge in [-0.3, -0.25) is 9.59 Å². The van der Waals surface area contributed by atoms with Gasteiger partial charge in [0.15, 0.2) is 0 Å². The van der Waals surface area contributed by atoms with Crippen molar-refractivity contribution < 1.29 is 24.2 Å². The van der Waals surface area contributed by atoms with Crippen LogP contribution in [0.25, 0.3) is 11.1 Å². The van der Waals surface area contributed by atoms with Gasteiger partial charge >= 0.3 is 12.1 Å². The molecular weight excluding hydrogens is 444 g/mol. The fourth-order valence-electron chi connectivity index (χ4n) is 4.87. The second kappa shape index (κ2) is 11.9. The van der Waals surface area contributed by atoms with E-state index in [-0.39, 0.29) is 24.4 Å². The number of carbonyl (C=O) groups excluding carboxylic acids is 2. The van der Waals surface area contributed by atoms with Crippen molar-refractivity contribution in [2.75, 3.05) is 19.7 Å². The molecule has 0 heterocycles. The zero-order valence-electron chi connectivity index (χ0n) is 20.1. The van der Waals surface area contributed by atoms with Gasteiger partial charge in [-0.05, 0) is 47.9 Å². The van der Waals surface area contributed by atoms with E-state index in [4.69, 9.17) is 9.84 Å². The van der Waals surface area contributed by atoms with E-state index in [0.717, 1.165) is 44.9 Å². The molecule has 35 heavy (non-hydrogen) atoms. The standard InChI is InChI=1S/C28H34N2O5/c31-26(30(18-27(32)33)20-15-16-20)14-4-2-1-3-9-17-29-28(34)35-19-25-23-12-7-5-10-21(23)22-11-6-8-13-24(22)25/h5-8,10-13,20,25H,1-4,9,14-19H2,(H,29,34)(H,32,33). The van der Waals surface area contributed by atoms with Gasteiger partial charge in [0.2, 0.25) is 5.91 Å². The summed E-state index contributed by atoms with van der Waals surface area (Å²) in [6.07, 6.45) is 6.31. The summed E-state index contributed by atoms with van der Waals surface area (Å²) in [5, 5.41) is 11.8. The predicted octanol–water partition coefficient (Wildman–Crippen LogP) is 4.94. The van der Waals surface area contributed by atoms with E-state index in [9.17, 15) is 14.4 Å². The number of alkyl carbamates (subject to hydrolysis) is 1. The SMILES string of the molecule is O=C(O)CN(C(=O)CCCCCCCNC(=O)OCC1c2ccccc2-c2ccccc21)C1CC1. The third-order valence-corrected chi connectivity index (χ3v) is 6.79. The van der Waals surface area contributed by atoms with Gasteiger partial charge in [-0.1, -0.05) is 67.8 Å². The molecule has 186 valence electrons. The Kier molecular flexibility index (Phi) is 8.40. The van der Waals surface area contributed by atoms with Crippen molar-refractivity contribution in [2.24, 2.45) is 0 Å². The van der Waals surface area contributed by atoms with Crippen LogP contribution >= 0.6 is 0 Å². The molecule has 2 amide bonds. The molecule has 7 heteroatoms. The van der Waals surface area contributed by atoms with Gasteiger partial charge in [-0.2, -0.15) is 0 Å². The molecule has 0 atom stereocenters. The third kappa shape index (κ3) is 6.62. The van der Waals surface area contributed by atoms with E-state index >= 15 is 0 Å². The lowest BCUT2D eigenvalue weighted by Gasteiger charge is -2.20. The number of fused-ring (bicyclic) bond motifs is 3. The summed E-state index contributed by atoms with van der Waals surface area (Å²) in [4.78, 5) is 36.9. The minimum absolute atomic E-state index is 0.0492. The molecule has 7 nitrogen and oxygen atoms in total. The molecule has 2 aliphatic carbocycles. The van der Waals surface area contributed by atoms with E-state index in [2.05, 4.69) is 29.6 Å². The summed E-state index contributed by atoms with van der Waals surface area (Å²) in [6, 6.07) is 16.7. The molecule has 1 fully saturated rings. The molecule has 0 aliphatic heterocycles. The Morgan fingerprint density at radius 2 is 1.49 bits per heavy atom. The van der Waals surface area contributed by atoms with Gasteiger partial charge in [-0.25, -0.2) is 4.79 Å². The largest absolute Gasteiger partial charge is 0.480 e. The fourth-order valence-corrected chi connectivity index (χ4v) is 4.87. The monoisotopic (exact) mass is 478 g/mol. The maximum atomic E-state index is 12.3. The number of rotatable bonds is 13. The van der Waals surface area contributed by atoms with E-state index in [1.807, 2.05) is 24.3 Å². The molecule has 2 aliphatic rings. The number of benzene rings is 2. The first-order chi connectivity index (χ1) is 17.0. The van der Waals surface area contributed by atoms with Crippen molar-refractivity contribution in [3.05, 3.63) is 59.7 Å². The molecular formula is C28H34N2O5. The van der Waals surface area contributed by atoms with E-state index in [1.54, 1.807) is 0 Å². The number of ether oxygens (including phenoxy) is 1. The maximum absolute atomic E-state index is 12.3. The van der Waals surface area contributed by atoms with Crippen LogP contribution in [0.1, 0.15) is 68.4 Å². The number of nitrogens with zero attached hydrogens (tertiary/aromatic N) is 1. The Labute approximate surface area is 206 Å². The van der Waals surface area contributed by atoms with Gasteiger partial charge in [0.05, 0.1) is 0 Å². The van der Waals surface area contributed by atoms with Gasteiger partial charge in [0.25, 0.3) is 0 Å². The number of amides is 2. The summed E-state index contributed by atoms with van der Waals surface area (Å²) < 4.78 is 5.55. The second-order valence-corrected chi connectivity index (χ2v) is 9.42. The second-order valence-electron chi connectivity index (χ2n) is 9.42. The number of nitrogens with one attached hydrogen (secondary N) is 1. The van der Waals surface area contributed by atoms with Gasteiger partial charge in [0.1, 0.15) is 13.2 Å². The third-order valence-electron chi connectivity index (χ3n) is 6.79. The average molecular weight is 479 g/mol. The molecule has 2 aromatic carbocycles. The summed E-state index contributed by atoms with van der Waals surface area (Å²) in [5.74, 6) is -0.942. The molecule has 0 radical (unpaired) electrons. The van der Waals surface area contributed by atoms with Crippen molar-refractivity contribution in [3.8, 4) is 11.1 Å². The molecule has 0 bridgehead atoms. The molecule has 0 unspecified atom stereocenters. The smallest absolute Gasteiger partial charge is 0.407 e.